The van der Waals surface area contributed by atoms with E-state index in [0.717, 1.165) is 16.1 Å². The molecule has 0 saturated carbocycles. The fourth-order valence-corrected chi connectivity index (χ4v) is 1.48. The second kappa shape index (κ2) is 5.56. The van der Waals surface area contributed by atoms with Crippen molar-refractivity contribution in [2.75, 3.05) is 6.61 Å². The van der Waals surface area contributed by atoms with Crippen LogP contribution in [0.5, 0.6) is 5.75 Å². The van der Waals surface area contributed by atoms with Crippen molar-refractivity contribution in [1.82, 2.24) is 0 Å². The van der Waals surface area contributed by atoms with Gasteiger partial charge in [0, 0.05) is 16.1 Å². The molecule has 1 N–H and O–H groups in total. The summed E-state index contributed by atoms with van der Waals surface area (Å²) in [6.45, 7) is 2.43. The summed E-state index contributed by atoms with van der Waals surface area (Å²) in [5.74, 6) is -0.296. The summed E-state index contributed by atoms with van der Waals surface area (Å²) in [7, 11) is 0. The molecule has 0 aliphatic carbocycles. The number of hydrogen-bond acceptors (Lipinski definition) is 2. The van der Waals surface area contributed by atoms with Crippen LogP contribution in [-0.2, 0) is 4.79 Å². The SMILES string of the molecule is CCOc1ccc(Br)cc1/C=C\C(=O)O. The van der Waals surface area contributed by atoms with E-state index < -0.39 is 5.97 Å². The van der Waals surface area contributed by atoms with Gasteiger partial charge in [0.15, 0.2) is 0 Å². The van der Waals surface area contributed by atoms with Crippen LogP contribution in [0.15, 0.2) is 28.7 Å². The average Bonchev–Trinajstić information content (AvgIpc) is 2.18. The lowest BCUT2D eigenvalue weighted by atomic mass is 10.2. The molecule has 0 aliphatic heterocycles. The average molecular weight is 271 g/mol. The molecule has 0 saturated heterocycles. The Morgan fingerprint density at radius 3 is 2.93 bits per heavy atom. The number of carbonyl (C=O) groups is 1. The Bertz CT molecular complexity index is 385. The van der Waals surface area contributed by atoms with Crippen molar-refractivity contribution in [3.8, 4) is 5.75 Å². The van der Waals surface area contributed by atoms with Crippen molar-refractivity contribution in [2.24, 2.45) is 0 Å². The van der Waals surface area contributed by atoms with Crippen molar-refractivity contribution in [3.05, 3.63) is 34.3 Å². The molecule has 1 rings (SSSR count). The fourth-order valence-electron chi connectivity index (χ4n) is 1.10. The van der Waals surface area contributed by atoms with E-state index in [0.29, 0.717) is 12.4 Å². The Labute approximate surface area is 96.5 Å². The Morgan fingerprint density at radius 1 is 1.60 bits per heavy atom. The Hall–Kier alpha value is -1.29. The summed E-state index contributed by atoms with van der Waals surface area (Å²) in [4.78, 5) is 10.4. The van der Waals surface area contributed by atoms with E-state index in [1.807, 2.05) is 19.1 Å². The number of ether oxygens (including phenoxy) is 1. The van der Waals surface area contributed by atoms with Crippen LogP contribution in [0.4, 0.5) is 0 Å². The third kappa shape index (κ3) is 3.75. The Morgan fingerprint density at radius 2 is 2.33 bits per heavy atom. The highest BCUT2D eigenvalue weighted by atomic mass is 79.9. The molecule has 0 aliphatic rings. The number of benzene rings is 1. The molecule has 4 heteroatoms. The number of hydrogen-bond donors (Lipinski definition) is 1. The van der Waals surface area contributed by atoms with Crippen LogP contribution >= 0.6 is 15.9 Å². The highest BCUT2D eigenvalue weighted by Crippen LogP contribution is 2.24. The van der Waals surface area contributed by atoms with Crippen LogP contribution in [0.2, 0.25) is 0 Å². The normalized spacial score (nSPS) is 10.5. The maximum absolute atomic E-state index is 10.4. The molecular weight excluding hydrogens is 260 g/mol. The smallest absolute Gasteiger partial charge is 0.328 e. The van der Waals surface area contributed by atoms with E-state index in [-0.39, 0.29) is 0 Å². The highest BCUT2D eigenvalue weighted by Gasteiger charge is 2.01. The van der Waals surface area contributed by atoms with Crippen molar-refractivity contribution < 1.29 is 14.6 Å². The van der Waals surface area contributed by atoms with Crippen molar-refractivity contribution in [2.45, 2.75) is 6.92 Å². The molecule has 0 heterocycles. The summed E-state index contributed by atoms with van der Waals surface area (Å²) in [5.41, 5.74) is 0.744. The van der Waals surface area contributed by atoms with Crippen LogP contribution in [0.1, 0.15) is 12.5 Å². The number of carboxylic acids is 1. The van der Waals surface area contributed by atoms with Gasteiger partial charge in [-0.15, -0.1) is 0 Å². The van der Waals surface area contributed by atoms with Gasteiger partial charge < -0.3 is 9.84 Å². The van der Waals surface area contributed by atoms with E-state index in [1.54, 1.807) is 6.07 Å². The Kier molecular flexibility index (Phi) is 4.37. The minimum absolute atomic E-state index is 0.551. The highest BCUT2D eigenvalue weighted by molar-refractivity contribution is 9.10. The van der Waals surface area contributed by atoms with Crippen LogP contribution in [0.3, 0.4) is 0 Å². The fraction of sp³-hybridized carbons (Fsp3) is 0.182. The van der Waals surface area contributed by atoms with Gasteiger partial charge in [-0.1, -0.05) is 15.9 Å². The zero-order valence-electron chi connectivity index (χ0n) is 8.24. The van der Waals surface area contributed by atoms with Crippen molar-refractivity contribution in [1.29, 1.82) is 0 Å². The summed E-state index contributed by atoms with van der Waals surface area (Å²) in [6.07, 6.45) is 2.60. The predicted octanol–water partition coefficient (Wildman–Crippen LogP) is 2.95. The summed E-state index contributed by atoms with van der Waals surface area (Å²) in [6, 6.07) is 5.46. The lowest BCUT2D eigenvalue weighted by Gasteiger charge is -2.06. The lowest BCUT2D eigenvalue weighted by Crippen LogP contribution is -1.94. The quantitative estimate of drug-likeness (QED) is 0.856. The third-order valence-corrected chi connectivity index (χ3v) is 2.17. The second-order valence-electron chi connectivity index (χ2n) is 2.79. The molecule has 0 atom stereocenters. The first-order valence-electron chi connectivity index (χ1n) is 4.47. The van der Waals surface area contributed by atoms with Gasteiger partial charge in [-0.2, -0.15) is 0 Å². The van der Waals surface area contributed by atoms with Gasteiger partial charge in [-0.25, -0.2) is 4.79 Å². The second-order valence-corrected chi connectivity index (χ2v) is 3.70. The number of rotatable bonds is 4. The van der Waals surface area contributed by atoms with E-state index in [2.05, 4.69) is 15.9 Å². The molecule has 15 heavy (non-hydrogen) atoms. The van der Waals surface area contributed by atoms with Crippen LogP contribution in [0.25, 0.3) is 6.08 Å². The first-order chi connectivity index (χ1) is 7.13. The summed E-state index contributed by atoms with van der Waals surface area (Å²) < 4.78 is 6.24. The maximum atomic E-state index is 10.4. The van der Waals surface area contributed by atoms with Crippen LogP contribution < -0.4 is 4.74 Å². The molecule has 0 unspecified atom stereocenters. The number of aliphatic carboxylic acids is 1. The van der Waals surface area contributed by atoms with E-state index in [9.17, 15) is 4.79 Å². The van der Waals surface area contributed by atoms with Gasteiger partial charge >= 0.3 is 5.97 Å². The van der Waals surface area contributed by atoms with E-state index in [4.69, 9.17) is 9.84 Å². The Balaban J connectivity index is 3.01. The first-order valence-corrected chi connectivity index (χ1v) is 5.26. The standard InChI is InChI=1S/C11H11BrO3/c1-2-15-10-5-4-9(12)7-8(10)3-6-11(13)14/h3-7H,2H2,1H3,(H,13,14)/b6-3-. The molecule has 0 aromatic heterocycles. The molecule has 0 radical (unpaired) electrons. The van der Waals surface area contributed by atoms with Crippen LogP contribution in [0, 0.1) is 0 Å². The summed E-state index contributed by atoms with van der Waals surface area (Å²) in [5, 5.41) is 8.53. The topological polar surface area (TPSA) is 46.5 Å². The summed E-state index contributed by atoms with van der Waals surface area (Å²) >= 11 is 3.32. The molecule has 0 bridgehead atoms. The molecule has 80 valence electrons. The van der Waals surface area contributed by atoms with Crippen molar-refractivity contribution >= 4 is 28.0 Å². The van der Waals surface area contributed by atoms with Gasteiger partial charge in [0.2, 0.25) is 0 Å². The monoisotopic (exact) mass is 270 g/mol. The third-order valence-electron chi connectivity index (χ3n) is 1.68. The molecule has 0 amide bonds. The number of carboxylic acid groups (broad SMARTS) is 1. The lowest BCUT2D eigenvalue weighted by molar-refractivity contribution is -0.131. The van der Waals surface area contributed by atoms with E-state index in [1.165, 1.54) is 6.08 Å². The first kappa shape index (κ1) is 11.8. The largest absolute Gasteiger partial charge is 0.493 e. The molecule has 3 nitrogen and oxygen atoms in total. The van der Waals surface area contributed by atoms with Gasteiger partial charge in [0.05, 0.1) is 6.61 Å². The predicted molar refractivity (Wildman–Crippen MR) is 62.0 cm³/mol. The molecule has 1 aromatic carbocycles. The zero-order valence-corrected chi connectivity index (χ0v) is 9.82. The van der Waals surface area contributed by atoms with Gasteiger partial charge in [0.1, 0.15) is 5.75 Å². The minimum Gasteiger partial charge on any atom is -0.493 e. The molecule has 0 fully saturated rings. The van der Waals surface area contributed by atoms with Gasteiger partial charge in [-0.3, -0.25) is 0 Å². The van der Waals surface area contributed by atoms with Gasteiger partial charge in [0.25, 0.3) is 0 Å². The molecule has 1 aromatic rings. The van der Waals surface area contributed by atoms with E-state index >= 15 is 0 Å². The molecule has 0 spiro atoms. The minimum atomic E-state index is -0.975. The molecular formula is C11H11BrO3. The zero-order chi connectivity index (χ0) is 11.3. The van der Waals surface area contributed by atoms with Gasteiger partial charge in [-0.05, 0) is 31.2 Å². The maximum Gasteiger partial charge on any atom is 0.328 e. The van der Waals surface area contributed by atoms with Crippen molar-refractivity contribution in [3.63, 3.8) is 0 Å². The van der Waals surface area contributed by atoms with Crippen LogP contribution in [-0.4, -0.2) is 17.7 Å². The number of halogens is 1.